The molecule has 5 heteroatoms. The summed E-state index contributed by atoms with van der Waals surface area (Å²) in [4.78, 5) is 12.1. The van der Waals surface area contributed by atoms with Crippen molar-refractivity contribution in [3.63, 3.8) is 0 Å². The van der Waals surface area contributed by atoms with Gasteiger partial charge in [0.2, 0.25) is 0 Å². The van der Waals surface area contributed by atoms with Crippen molar-refractivity contribution in [3.05, 3.63) is 29.8 Å². The van der Waals surface area contributed by atoms with Crippen molar-refractivity contribution in [1.29, 1.82) is 0 Å². The van der Waals surface area contributed by atoms with Crippen LogP contribution in [-0.4, -0.2) is 29.4 Å². The number of urea groups is 1. The molecule has 1 saturated carbocycles. The molecule has 0 aliphatic heterocycles. The third-order valence-corrected chi connectivity index (χ3v) is 4.15. The fraction of sp³-hybridized carbons (Fsp3) is 0.611. The molecule has 1 aromatic carbocycles. The lowest BCUT2D eigenvalue weighted by Gasteiger charge is -2.29. The third kappa shape index (κ3) is 5.43. The molecule has 0 aromatic heterocycles. The molecule has 0 saturated heterocycles. The summed E-state index contributed by atoms with van der Waals surface area (Å²) in [5.41, 5.74) is 1.01. The van der Waals surface area contributed by atoms with Gasteiger partial charge < -0.3 is 20.5 Å². The Bertz CT molecular complexity index is 501. The maximum atomic E-state index is 12.1. The molecule has 0 radical (unpaired) electrons. The Balaban J connectivity index is 1.85. The first-order chi connectivity index (χ1) is 11.0. The summed E-state index contributed by atoms with van der Waals surface area (Å²) in [6.45, 7) is 5.92. The first-order valence-corrected chi connectivity index (χ1v) is 8.47. The number of aliphatic hydroxyl groups excluding tert-OH is 1. The maximum Gasteiger partial charge on any atom is 0.315 e. The van der Waals surface area contributed by atoms with Gasteiger partial charge in [0.05, 0.1) is 24.3 Å². The minimum atomic E-state index is -0.433. The van der Waals surface area contributed by atoms with Crippen molar-refractivity contribution in [2.24, 2.45) is 0 Å². The second kappa shape index (κ2) is 8.20. The van der Waals surface area contributed by atoms with Crippen LogP contribution in [0.2, 0.25) is 0 Å². The number of amides is 2. The summed E-state index contributed by atoms with van der Waals surface area (Å²) in [6, 6.07) is 7.26. The van der Waals surface area contributed by atoms with Crippen molar-refractivity contribution in [2.75, 3.05) is 0 Å². The van der Waals surface area contributed by atoms with Crippen LogP contribution in [-0.2, 0) is 0 Å². The van der Waals surface area contributed by atoms with Gasteiger partial charge in [0.25, 0.3) is 0 Å². The third-order valence-electron chi connectivity index (χ3n) is 4.15. The van der Waals surface area contributed by atoms with Crippen LogP contribution in [0.3, 0.4) is 0 Å². The molecule has 1 aromatic rings. The molecule has 5 nitrogen and oxygen atoms in total. The van der Waals surface area contributed by atoms with Crippen LogP contribution in [0.4, 0.5) is 4.79 Å². The van der Waals surface area contributed by atoms with Gasteiger partial charge in [-0.1, -0.05) is 25.0 Å². The van der Waals surface area contributed by atoms with E-state index < -0.39 is 6.10 Å². The van der Waals surface area contributed by atoms with E-state index in [0.717, 1.165) is 37.0 Å². The molecule has 1 aliphatic rings. The van der Waals surface area contributed by atoms with Gasteiger partial charge in [-0.2, -0.15) is 0 Å². The van der Waals surface area contributed by atoms with Crippen LogP contribution in [0.1, 0.15) is 58.1 Å². The number of aliphatic hydroxyl groups is 1. The van der Waals surface area contributed by atoms with Gasteiger partial charge in [0, 0.05) is 0 Å². The molecule has 0 bridgehead atoms. The molecule has 2 rings (SSSR count). The molecule has 3 atom stereocenters. The van der Waals surface area contributed by atoms with Crippen molar-refractivity contribution < 1.29 is 14.6 Å². The SMILES string of the molecule is CC(C)Oc1ccc(C(C)NC(=O)NC2CCCCC2O)cc1. The molecule has 23 heavy (non-hydrogen) atoms. The Kier molecular flexibility index (Phi) is 6.28. The van der Waals surface area contributed by atoms with Crippen LogP contribution in [0.5, 0.6) is 5.75 Å². The Morgan fingerprint density at radius 1 is 1.17 bits per heavy atom. The van der Waals surface area contributed by atoms with Gasteiger partial charge in [0.15, 0.2) is 0 Å². The Labute approximate surface area is 138 Å². The average molecular weight is 320 g/mol. The first-order valence-electron chi connectivity index (χ1n) is 8.47. The van der Waals surface area contributed by atoms with E-state index in [9.17, 15) is 9.90 Å². The first kappa shape index (κ1) is 17.6. The molecule has 3 unspecified atom stereocenters. The van der Waals surface area contributed by atoms with Gasteiger partial charge in [0.1, 0.15) is 5.75 Å². The lowest BCUT2D eigenvalue weighted by atomic mass is 9.93. The number of nitrogens with one attached hydrogen (secondary N) is 2. The highest BCUT2D eigenvalue weighted by Crippen LogP contribution is 2.20. The van der Waals surface area contributed by atoms with Gasteiger partial charge in [-0.25, -0.2) is 4.79 Å². The molecule has 2 amide bonds. The van der Waals surface area contributed by atoms with E-state index in [1.54, 1.807) is 0 Å². The van der Waals surface area contributed by atoms with E-state index in [2.05, 4.69) is 10.6 Å². The van der Waals surface area contributed by atoms with E-state index in [1.807, 2.05) is 45.0 Å². The number of carbonyl (C=O) groups is 1. The molecule has 0 heterocycles. The standard InChI is InChI=1S/C18H28N2O3/c1-12(2)23-15-10-8-14(9-11-15)13(3)19-18(22)20-16-6-4-5-7-17(16)21/h8-13,16-17,21H,4-7H2,1-3H3,(H2,19,20,22). The lowest BCUT2D eigenvalue weighted by Crippen LogP contribution is -2.49. The smallest absolute Gasteiger partial charge is 0.315 e. The van der Waals surface area contributed by atoms with Crippen molar-refractivity contribution >= 4 is 6.03 Å². The number of ether oxygens (including phenoxy) is 1. The molecular weight excluding hydrogens is 292 g/mol. The molecule has 3 N–H and O–H groups in total. The van der Waals surface area contributed by atoms with Crippen LogP contribution >= 0.6 is 0 Å². The summed E-state index contributed by atoms with van der Waals surface area (Å²) in [5.74, 6) is 0.825. The van der Waals surface area contributed by atoms with Crippen LogP contribution in [0.25, 0.3) is 0 Å². The number of benzene rings is 1. The summed E-state index contributed by atoms with van der Waals surface area (Å²) in [5, 5.41) is 15.7. The summed E-state index contributed by atoms with van der Waals surface area (Å²) in [7, 11) is 0. The number of hydrogen-bond donors (Lipinski definition) is 3. The Morgan fingerprint density at radius 2 is 1.83 bits per heavy atom. The van der Waals surface area contributed by atoms with E-state index in [0.29, 0.717) is 0 Å². The largest absolute Gasteiger partial charge is 0.491 e. The zero-order chi connectivity index (χ0) is 16.8. The number of carbonyl (C=O) groups excluding carboxylic acids is 1. The van der Waals surface area contributed by atoms with Gasteiger partial charge in [-0.05, 0) is 51.3 Å². The van der Waals surface area contributed by atoms with Crippen LogP contribution in [0, 0.1) is 0 Å². The van der Waals surface area contributed by atoms with E-state index >= 15 is 0 Å². The Morgan fingerprint density at radius 3 is 2.43 bits per heavy atom. The summed E-state index contributed by atoms with van der Waals surface area (Å²) in [6.07, 6.45) is 3.39. The zero-order valence-electron chi connectivity index (χ0n) is 14.2. The van der Waals surface area contributed by atoms with Crippen molar-refractivity contribution in [2.45, 2.75) is 70.7 Å². The minimum Gasteiger partial charge on any atom is -0.491 e. The summed E-state index contributed by atoms with van der Waals surface area (Å²) < 4.78 is 5.61. The minimum absolute atomic E-state index is 0.108. The van der Waals surface area contributed by atoms with E-state index in [4.69, 9.17) is 4.74 Å². The van der Waals surface area contributed by atoms with E-state index in [1.165, 1.54) is 0 Å². The molecule has 0 spiro atoms. The van der Waals surface area contributed by atoms with Crippen molar-refractivity contribution in [1.82, 2.24) is 10.6 Å². The highest BCUT2D eigenvalue weighted by atomic mass is 16.5. The highest BCUT2D eigenvalue weighted by molar-refractivity contribution is 5.74. The average Bonchev–Trinajstić information content (AvgIpc) is 2.49. The predicted octanol–water partition coefficient (Wildman–Crippen LogP) is 3.14. The molecule has 1 fully saturated rings. The van der Waals surface area contributed by atoms with Crippen molar-refractivity contribution in [3.8, 4) is 5.75 Å². The maximum absolute atomic E-state index is 12.1. The fourth-order valence-corrected chi connectivity index (χ4v) is 2.88. The molecular formula is C18H28N2O3. The fourth-order valence-electron chi connectivity index (χ4n) is 2.88. The van der Waals surface area contributed by atoms with Crippen LogP contribution < -0.4 is 15.4 Å². The second-order valence-electron chi connectivity index (χ2n) is 6.53. The van der Waals surface area contributed by atoms with Gasteiger partial charge >= 0.3 is 6.03 Å². The lowest BCUT2D eigenvalue weighted by molar-refractivity contribution is 0.0941. The second-order valence-corrected chi connectivity index (χ2v) is 6.53. The van der Waals surface area contributed by atoms with E-state index in [-0.39, 0.29) is 24.2 Å². The normalized spacial score (nSPS) is 22.5. The number of rotatable bonds is 5. The van der Waals surface area contributed by atoms with Gasteiger partial charge in [-0.3, -0.25) is 0 Å². The quantitative estimate of drug-likeness (QED) is 0.780. The topological polar surface area (TPSA) is 70.6 Å². The monoisotopic (exact) mass is 320 g/mol. The zero-order valence-corrected chi connectivity index (χ0v) is 14.2. The van der Waals surface area contributed by atoms with Gasteiger partial charge in [-0.15, -0.1) is 0 Å². The number of hydrogen-bond acceptors (Lipinski definition) is 3. The van der Waals surface area contributed by atoms with Crippen LogP contribution in [0.15, 0.2) is 24.3 Å². The molecule has 128 valence electrons. The Hall–Kier alpha value is -1.75. The highest BCUT2D eigenvalue weighted by Gasteiger charge is 2.24. The summed E-state index contributed by atoms with van der Waals surface area (Å²) >= 11 is 0. The molecule has 1 aliphatic carbocycles. The predicted molar refractivity (Wildman–Crippen MR) is 90.6 cm³/mol.